The minimum atomic E-state index is -6.72. The van der Waals surface area contributed by atoms with Gasteiger partial charge in [0.25, 0.3) is 0 Å². The first-order valence-electron chi connectivity index (χ1n) is 7.10. The van der Waals surface area contributed by atoms with Crippen LogP contribution < -0.4 is 0 Å². The number of quaternary nitrogens is 1. The second-order valence-corrected chi connectivity index (χ2v) is 9.74. The number of rotatable bonds is 5. The SMILES string of the molecule is C=Cc1cccc(C[N+](C)(C)C)c1.O=S(=O)([N-]S(=O)(=O)C(F)(F)F)C(F)(F)F. The number of benzene rings is 1. The average Bonchev–Trinajstić information content (AvgIpc) is 2.42. The van der Waals surface area contributed by atoms with Gasteiger partial charge in [-0.05, 0) is 11.6 Å². The van der Waals surface area contributed by atoms with Gasteiger partial charge in [-0.3, -0.25) is 0 Å². The Bertz CT molecular complexity index is 844. The summed E-state index contributed by atoms with van der Waals surface area (Å²) in [5, 5.41) is 0. The van der Waals surface area contributed by atoms with Crippen molar-refractivity contribution in [1.29, 1.82) is 0 Å². The first-order chi connectivity index (χ1) is 12.2. The molecule has 0 amide bonds. The molecule has 0 aliphatic heterocycles. The zero-order valence-corrected chi connectivity index (χ0v) is 16.5. The summed E-state index contributed by atoms with van der Waals surface area (Å²) in [5.41, 5.74) is -9.84. The van der Waals surface area contributed by atoms with Crippen LogP contribution in [-0.2, 0) is 26.6 Å². The first kappa shape index (κ1) is 26.4. The number of nitrogens with zero attached hydrogens (tertiary/aromatic N) is 2. The Kier molecular flexibility index (Phi) is 8.28. The molecule has 0 aliphatic carbocycles. The predicted octanol–water partition coefficient (Wildman–Crippen LogP) is 3.60. The summed E-state index contributed by atoms with van der Waals surface area (Å²) >= 11 is 0. The summed E-state index contributed by atoms with van der Waals surface area (Å²) in [4.78, 5) is 0. The van der Waals surface area contributed by atoms with Crippen molar-refractivity contribution in [3.05, 3.63) is 46.1 Å². The summed E-state index contributed by atoms with van der Waals surface area (Å²) in [6, 6.07) is 8.52. The van der Waals surface area contributed by atoms with Crippen LogP contribution in [0.5, 0.6) is 0 Å². The van der Waals surface area contributed by atoms with Gasteiger partial charge in [0.15, 0.2) is 20.0 Å². The van der Waals surface area contributed by atoms with E-state index < -0.39 is 31.1 Å². The molecule has 162 valence electrons. The molecule has 0 spiro atoms. The minimum absolute atomic E-state index is 0.778. The van der Waals surface area contributed by atoms with Gasteiger partial charge in [0, 0.05) is 5.56 Å². The van der Waals surface area contributed by atoms with Crippen LogP contribution in [0.2, 0.25) is 0 Å². The number of halogens is 6. The molecule has 0 heterocycles. The van der Waals surface area contributed by atoms with Gasteiger partial charge < -0.3 is 8.61 Å². The van der Waals surface area contributed by atoms with Crippen LogP contribution >= 0.6 is 0 Å². The molecule has 0 saturated heterocycles. The Balaban J connectivity index is 0.000000525. The lowest BCUT2D eigenvalue weighted by Crippen LogP contribution is -2.33. The van der Waals surface area contributed by atoms with Gasteiger partial charge in [-0.25, -0.2) is 16.8 Å². The van der Waals surface area contributed by atoms with Gasteiger partial charge in [-0.2, -0.15) is 26.3 Å². The number of hydrogen-bond donors (Lipinski definition) is 0. The van der Waals surface area contributed by atoms with Gasteiger partial charge in [0.05, 0.1) is 21.1 Å². The molecule has 0 saturated carbocycles. The van der Waals surface area contributed by atoms with Crippen molar-refractivity contribution in [3.8, 4) is 0 Å². The Labute approximate surface area is 159 Å². The third-order valence-electron chi connectivity index (χ3n) is 2.62. The number of hydrogen-bond acceptors (Lipinski definition) is 4. The summed E-state index contributed by atoms with van der Waals surface area (Å²) in [5.74, 6) is 0. The average molecular weight is 456 g/mol. The maximum Gasteiger partial charge on any atom is 0.480 e. The highest BCUT2D eigenvalue weighted by atomic mass is 32.3. The quantitative estimate of drug-likeness (QED) is 0.501. The molecule has 1 aromatic rings. The lowest BCUT2D eigenvalue weighted by Gasteiger charge is -2.23. The fourth-order valence-electron chi connectivity index (χ4n) is 1.58. The second kappa shape index (κ2) is 8.80. The molecule has 0 N–H and O–H groups in total. The zero-order valence-electron chi connectivity index (χ0n) is 14.9. The van der Waals surface area contributed by atoms with Crippen molar-refractivity contribution in [3.63, 3.8) is 0 Å². The molecule has 0 aromatic heterocycles. The molecular formula is C14H18F6N2O4S2. The van der Waals surface area contributed by atoms with Crippen LogP contribution in [0.15, 0.2) is 30.8 Å². The molecular weight excluding hydrogens is 438 g/mol. The number of sulfonamides is 2. The van der Waals surface area contributed by atoms with Crippen molar-refractivity contribution in [2.45, 2.75) is 17.6 Å². The lowest BCUT2D eigenvalue weighted by molar-refractivity contribution is -0.884. The summed E-state index contributed by atoms with van der Waals surface area (Å²) in [7, 11) is -6.86. The van der Waals surface area contributed by atoms with E-state index in [2.05, 4.69) is 52.0 Å². The third kappa shape index (κ3) is 8.58. The van der Waals surface area contributed by atoms with E-state index >= 15 is 0 Å². The highest BCUT2D eigenvalue weighted by Crippen LogP contribution is 2.36. The normalized spacial score (nSPS) is 13.5. The zero-order chi connectivity index (χ0) is 22.6. The molecule has 0 aliphatic rings. The fourth-order valence-corrected chi connectivity index (χ4v) is 3.29. The van der Waals surface area contributed by atoms with Crippen LogP contribution in [0.4, 0.5) is 26.3 Å². The molecule has 14 heteroatoms. The van der Waals surface area contributed by atoms with E-state index in [0.717, 1.165) is 15.2 Å². The highest BCUT2D eigenvalue weighted by Gasteiger charge is 2.46. The van der Waals surface area contributed by atoms with Gasteiger partial charge in [-0.15, -0.1) is 0 Å². The molecule has 1 aromatic carbocycles. The highest BCUT2D eigenvalue weighted by molar-refractivity contribution is 8.13. The third-order valence-corrected chi connectivity index (χ3v) is 5.36. The Morgan fingerprint density at radius 2 is 1.39 bits per heavy atom. The maximum absolute atomic E-state index is 11.4. The minimum Gasteiger partial charge on any atom is -0.421 e. The van der Waals surface area contributed by atoms with Crippen molar-refractivity contribution >= 4 is 26.1 Å². The summed E-state index contributed by atoms with van der Waals surface area (Å²) in [6.07, 6.45) is 1.89. The van der Waals surface area contributed by atoms with Crippen LogP contribution in [0, 0.1) is 0 Å². The summed E-state index contributed by atoms with van der Waals surface area (Å²) in [6.45, 7) is 4.82. The lowest BCUT2D eigenvalue weighted by atomic mass is 10.1. The monoisotopic (exact) mass is 456 g/mol. The van der Waals surface area contributed by atoms with Crippen LogP contribution in [0.3, 0.4) is 0 Å². The van der Waals surface area contributed by atoms with Gasteiger partial charge in [-0.1, -0.05) is 30.9 Å². The Morgan fingerprint density at radius 1 is 0.964 bits per heavy atom. The van der Waals surface area contributed by atoms with Crippen LogP contribution in [0.25, 0.3) is 10.2 Å². The Hall–Kier alpha value is -1.64. The van der Waals surface area contributed by atoms with E-state index in [1.165, 1.54) is 11.1 Å². The topological polar surface area (TPSA) is 82.4 Å². The van der Waals surface area contributed by atoms with Gasteiger partial charge >= 0.3 is 11.0 Å². The van der Waals surface area contributed by atoms with Gasteiger partial charge in [0.1, 0.15) is 6.54 Å². The molecule has 1 rings (SSSR count). The standard InChI is InChI=1S/C12H18N.C2F6NO4S2/c1-5-11-7-6-8-12(9-11)10-13(2,3)4;3-1(4,5)14(10,11)9-15(12,13)2(6,7)8/h5-9H,1,10H2,2-4H3;/q+1;-1. The number of alkyl halides is 6. The molecule has 0 atom stereocenters. The largest absolute Gasteiger partial charge is 0.480 e. The molecule has 0 unspecified atom stereocenters. The molecule has 6 nitrogen and oxygen atoms in total. The van der Waals surface area contributed by atoms with Crippen molar-refractivity contribution in [2.75, 3.05) is 21.1 Å². The van der Waals surface area contributed by atoms with E-state index in [1.54, 1.807) is 0 Å². The first-order valence-corrected chi connectivity index (χ1v) is 9.98. The summed E-state index contributed by atoms with van der Waals surface area (Å²) < 4.78 is 110. The van der Waals surface area contributed by atoms with Crippen LogP contribution in [-0.4, -0.2) is 53.5 Å². The van der Waals surface area contributed by atoms with E-state index in [1.807, 2.05) is 6.08 Å². The Morgan fingerprint density at radius 3 is 1.71 bits per heavy atom. The van der Waals surface area contributed by atoms with E-state index in [0.29, 0.717) is 0 Å². The molecule has 0 radical (unpaired) electrons. The maximum atomic E-state index is 11.4. The van der Waals surface area contributed by atoms with Crippen LogP contribution in [0.1, 0.15) is 11.1 Å². The van der Waals surface area contributed by atoms with E-state index in [4.69, 9.17) is 0 Å². The van der Waals surface area contributed by atoms with Gasteiger partial charge in [0.2, 0.25) is 0 Å². The van der Waals surface area contributed by atoms with Crippen molar-refractivity contribution in [2.24, 2.45) is 0 Å². The molecule has 0 bridgehead atoms. The predicted molar refractivity (Wildman–Crippen MR) is 91.6 cm³/mol. The molecule has 28 heavy (non-hydrogen) atoms. The van der Waals surface area contributed by atoms with Crippen molar-refractivity contribution in [1.82, 2.24) is 0 Å². The van der Waals surface area contributed by atoms with E-state index in [-0.39, 0.29) is 0 Å². The second-order valence-electron chi connectivity index (χ2n) is 6.31. The smallest absolute Gasteiger partial charge is 0.421 e. The van der Waals surface area contributed by atoms with E-state index in [9.17, 15) is 43.2 Å². The fraction of sp³-hybridized carbons (Fsp3) is 0.429. The van der Waals surface area contributed by atoms with Crippen molar-refractivity contribution < 1.29 is 47.7 Å². The molecule has 0 fully saturated rings.